The SMILES string of the molecule is CC(C)CCOC(=O)c1ccccc1O.CC(C)COC(=O)c1ccccc1O.CCC=CCCOC(=O)c1ccccc1O.CCCCCCOC(=O)c1ccccc1O.CCCCCOC(=O)c1ccccc1O.CCCCOC(=O)c1ccccc1O.O=C(OC1CCCCC1)c1ccccc1O.O=C(OCc1ccccc1)c1ccccc1O. The molecule has 0 radical (unpaired) electrons. The molecule has 0 heterocycles. The van der Waals surface area contributed by atoms with Crippen LogP contribution < -0.4 is 0 Å². The van der Waals surface area contributed by atoms with Crippen molar-refractivity contribution < 1.29 is 117 Å². The summed E-state index contributed by atoms with van der Waals surface area (Å²) < 4.78 is 40.5. The Kier molecular flexibility index (Phi) is 53.3. The maximum atomic E-state index is 11.8. The highest BCUT2D eigenvalue weighted by Gasteiger charge is 2.22. The fourth-order valence-corrected chi connectivity index (χ4v) is 10.5. The number of phenols is 8. The minimum Gasteiger partial charge on any atom is -0.507 e. The van der Waals surface area contributed by atoms with Crippen LogP contribution in [0.25, 0.3) is 0 Å². The first kappa shape index (κ1) is 104. The van der Waals surface area contributed by atoms with Crippen LogP contribution in [-0.4, -0.2) is 134 Å². The number of carbonyl (C=O) groups is 8. The van der Waals surface area contributed by atoms with Crippen LogP contribution in [0.3, 0.4) is 0 Å². The second kappa shape index (κ2) is 62.9. The molecule has 1 aliphatic rings. The van der Waals surface area contributed by atoms with Crippen LogP contribution in [0.1, 0.15) is 253 Å². The zero-order valence-corrected chi connectivity index (χ0v) is 71.8. The summed E-state index contributed by atoms with van der Waals surface area (Å²) in [4.78, 5) is 92.1. The first-order valence-electron chi connectivity index (χ1n) is 41.6. The predicted molar refractivity (Wildman–Crippen MR) is 471 cm³/mol. The molecule has 0 bridgehead atoms. The molecule has 0 saturated heterocycles. The summed E-state index contributed by atoms with van der Waals surface area (Å²) in [5, 5.41) is 75.3. The molecule has 0 amide bonds. The van der Waals surface area contributed by atoms with E-state index >= 15 is 0 Å². The number of phenolic OH excluding ortho intramolecular Hbond substituents is 8. The molecular weight excluding hydrogens is 1570 g/mol. The van der Waals surface area contributed by atoms with E-state index in [0.717, 1.165) is 102 Å². The van der Waals surface area contributed by atoms with Crippen molar-refractivity contribution in [3.05, 3.63) is 287 Å². The number of ether oxygens (including phenoxy) is 8. The molecule has 0 atom stereocenters. The van der Waals surface area contributed by atoms with Crippen molar-refractivity contribution in [2.24, 2.45) is 11.8 Å². The molecular formula is C99H122O24. The number of esters is 8. The molecule has 24 heteroatoms. The molecule has 0 spiro atoms. The molecule has 1 aliphatic carbocycles. The zero-order valence-electron chi connectivity index (χ0n) is 71.8. The Morgan fingerprint density at radius 2 is 0.585 bits per heavy atom. The van der Waals surface area contributed by atoms with Gasteiger partial charge in [0.15, 0.2) is 0 Å². The average Bonchev–Trinajstić information content (AvgIpc) is 0.904. The van der Waals surface area contributed by atoms with Gasteiger partial charge in [-0.05, 0) is 179 Å². The van der Waals surface area contributed by atoms with Crippen LogP contribution in [0.2, 0.25) is 0 Å². The standard InChI is InChI=1S/C14H12O3.C13H16O3.C13H18O3.C13H16O3.2C12H16O3.2C11H14O3/c15-13-9-5-4-8-12(13)14(16)17-10-11-6-2-1-3-7-11;14-12-9-5-4-8-11(12)13(15)16-10-6-2-1-3-7-10;2*1-2-3-4-7-10-16-13(15)11-8-5-6-9-12(11)14;1-9(2)7-8-15-12(14)10-5-3-4-6-11(10)13;1-2-3-6-9-15-12(14)10-7-4-5-8-11(10)13;1-8(2)7-14-11(13)9-5-3-4-6-10(9)12;1-2-3-8-14-11(13)9-6-4-5-7-10(9)12/h1-9,15H,10H2;4-5,8-10,14H,1-3,6-7H2;5-6,8-9,14H,2-4,7,10H2,1H3;3-6,8-9,14H,2,7,10H2,1H3;3-6,9,13H,7-8H2,1-2H3;4-5,7-8,13H,2-3,6,9H2,1H3;3-6,8,12H,7H2,1-2H3;4-7,12H,2-3,8H2,1H3. The van der Waals surface area contributed by atoms with Crippen molar-refractivity contribution in [2.75, 3.05) is 39.6 Å². The summed E-state index contributed by atoms with van der Waals surface area (Å²) in [7, 11) is 0. The fourth-order valence-electron chi connectivity index (χ4n) is 10.5. The normalized spacial score (nSPS) is 11.0. The largest absolute Gasteiger partial charge is 0.507 e. The minimum absolute atomic E-state index is 0.0108. The van der Waals surface area contributed by atoms with Crippen LogP contribution in [0.15, 0.2) is 237 Å². The lowest BCUT2D eigenvalue weighted by Crippen LogP contribution is -2.20. The highest BCUT2D eigenvalue weighted by atomic mass is 16.6. The van der Waals surface area contributed by atoms with E-state index < -0.39 is 47.8 Å². The highest BCUT2D eigenvalue weighted by molar-refractivity contribution is 5.96. The lowest BCUT2D eigenvalue weighted by Gasteiger charge is -2.21. The zero-order chi connectivity index (χ0) is 90.4. The predicted octanol–water partition coefficient (Wildman–Crippen LogP) is 21.6. The number of benzene rings is 9. The molecule has 662 valence electrons. The molecule has 123 heavy (non-hydrogen) atoms. The van der Waals surface area contributed by atoms with Gasteiger partial charge in [0.2, 0.25) is 0 Å². The summed E-state index contributed by atoms with van der Waals surface area (Å²) in [6, 6.07) is 60.5. The molecule has 8 N–H and O–H groups in total. The number of rotatable bonds is 32. The lowest BCUT2D eigenvalue weighted by molar-refractivity contribution is 0.0206. The Morgan fingerprint density at radius 1 is 0.301 bits per heavy atom. The van der Waals surface area contributed by atoms with Gasteiger partial charge in [-0.15, -0.1) is 0 Å². The van der Waals surface area contributed by atoms with Crippen molar-refractivity contribution in [2.45, 2.75) is 177 Å². The average molecular weight is 1700 g/mol. The molecule has 24 nitrogen and oxygen atoms in total. The summed E-state index contributed by atoms with van der Waals surface area (Å²) >= 11 is 0. The second-order valence-corrected chi connectivity index (χ2v) is 28.5. The molecule has 0 aliphatic heterocycles. The monoisotopic (exact) mass is 1690 g/mol. The third kappa shape index (κ3) is 44.1. The fraction of sp³-hybridized carbons (Fsp3) is 0.354. The number of hydrogen-bond donors (Lipinski definition) is 8. The second-order valence-electron chi connectivity index (χ2n) is 28.5. The van der Waals surface area contributed by atoms with Crippen molar-refractivity contribution in [3.63, 3.8) is 0 Å². The van der Waals surface area contributed by atoms with E-state index in [-0.39, 0.29) is 103 Å². The third-order valence-corrected chi connectivity index (χ3v) is 17.4. The van der Waals surface area contributed by atoms with Gasteiger partial charge in [-0.25, -0.2) is 38.4 Å². The van der Waals surface area contributed by atoms with Crippen LogP contribution in [-0.2, 0) is 44.5 Å². The molecule has 9 aromatic rings. The van der Waals surface area contributed by atoms with Crippen LogP contribution in [0.5, 0.6) is 46.0 Å². The molecule has 0 unspecified atom stereocenters. The van der Waals surface area contributed by atoms with Gasteiger partial charge in [-0.3, -0.25) is 0 Å². The quantitative estimate of drug-likeness (QED) is 0.00840. The Bertz CT molecular complexity index is 4570. The Labute approximate surface area is 722 Å². The lowest BCUT2D eigenvalue weighted by atomic mass is 9.98. The van der Waals surface area contributed by atoms with Gasteiger partial charge in [-0.1, -0.05) is 240 Å². The topological polar surface area (TPSA) is 372 Å². The van der Waals surface area contributed by atoms with E-state index in [9.17, 15) is 79.2 Å². The molecule has 9 aromatic carbocycles. The van der Waals surface area contributed by atoms with Crippen molar-refractivity contribution in [1.82, 2.24) is 0 Å². The maximum absolute atomic E-state index is 11.8. The van der Waals surface area contributed by atoms with E-state index in [1.165, 1.54) is 67.1 Å². The number of hydrogen-bond acceptors (Lipinski definition) is 24. The molecule has 0 aromatic heterocycles. The van der Waals surface area contributed by atoms with Crippen LogP contribution in [0, 0.1) is 11.8 Å². The van der Waals surface area contributed by atoms with Gasteiger partial charge in [0, 0.05) is 0 Å². The highest BCUT2D eigenvalue weighted by Crippen LogP contribution is 2.27. The molecule has 10 rings (SSSR count). The Hall–Kier alpha value is -13.1. The number of para-hydroxylation sites is 8. The number of aromatic hydroxyl groups is 8. The van der Waals surface area contributed by atoms with Gasteiger partial charge < -0.3 is 78.7 Å². The first-order valence-corrected chi connectivity index (χ1v) is 41.6. The first-order chi connectivity index (χ1) is 59.3. The van der Waals surface area contributed by atoms with E-state index in [4.69, 9.17) is 37.9 Å². The van der Waals surface area contributed by atoms with Gasteiger partial charge in [0.25, 0.3) is 0 Å². The van der Waals surface area contributed by atoms with Gasteiger partial charge in [0.1, 0.15) is 103 Å². The molecule has 1 fully saturated rings. The van der Waals surface area contributed by atoms with Gasteiger partial charge >= 0.3 is 47.8 Å². The van der Waals surface area contributed by atoms with Gasteiger partial charge in [0.05, 0.1) is 39.6 Å². The summed E-state index contributed by atoms with van der Waals surface area (Å²) in [6.45, 7) is 18.9. The maximum Gasteiger partial charge on any atom is 0.342 e. The van der Waals surface area contributed by atoms with E-state index in [2.05, 4.69) is 27.7 Å². The van der Waals surface area contributed by atoms with Crippen molar-refractivity contribution >= 4 is 47.8 Å². The van der Waals surface area contributed by atoms with Crippen molar-refractivity contribution in [3.8, 4) is 46.0 Å². The van der Waals surface area contributed by atoms with Crippen molar-refractivity contribution in [1.29, 1.82) is 0 Å². The smallest absolute Gasteiger partial charge is 0.342 e. The summed E-state index contributed by atoms with van der Waals surface area (Å²) in [6.07, 6.45) is 21.0. The summed E-state index contributed by atoms with van der Waals surface area (Å²) in [5.74, 6) is -3.21. The molecule has 1 saturated carbocycles. The third-order valence-electron chi connectivity index (χ3n) is 17.4. The Morgan fingerprint density at radius 3 is 0.911 bits per heavy atom. The number of carbonyl (C=O) groups excluding carboxylic acids is 8. The Balaban J connectivity index is 0.000000363. The minimum atomic E-state index is -0.521. The number of unbranched alkanes of at least 4 members (excludes halogenated alkanes) is 6. The van der Waals surface area contributed by atoms with Gasteiger partial charge in [-0.2, -0.15) is 0 Å². The number of allylic oxidation sites excluding steroid dienone is 1. The summed E-state index contributed by atoms with van der Waals surface area (Å²) in [5.41, 5.74) is 2.69. The van der Waals surface area contributed by atoms with E-state index in [1.54, 1.807) is 133 Å². The van der Waals surface area contributed by atoms with Crippen LogP contribution >= 0.6 is 0 Å². The van der Waals surface area contributed by atoms with E-state index in [1.807, 2.05) is 70.2 Å². The van der Waals surface area contributed by atoms with E-state index in [0.29, 0.717) is 57.9 Å². The van der Waals surface area contributed by atoms with Crippen LogP contribution in [0.4, 0.5) is 0 Å².